The van der Waals surface area contributed by atoms with Crippen LogP contribution in [0.15, 0.2) is 42.9 Å². The third-order valence-electron chi connectivity index (χ3n) is 4.42. The van der Waals surface area contributed by atoms with Gasteiger partial charge in [0.15, 0.2) is 0 Å². The molecule has 1 N–H and O–H groups in total. The number of fused-ring (bicyclic) bond motifs is 1. The molecule has 1 aliphatic carbocycles. The lowest BCUT2D eigenvalue weighted by Gasteiger charge is -2.24. The number of aryl methyl sites for hydroxylation is 2. The Balaban J connectivity index is 1.70. The second kappa shape index (κ2) is 6.81. The van der Waals surface area contributed by atoms with Gasteiger partial charge in [-0.15, -0.1) is 0 Å². The Hall–Kier alpha value is -1.74. The van der Waals surface area contributed by atoms with E-state index >= 15 is 0 Å². The fourth-order valence-corrected chi connectivity index (χ4v) is 3.41. The van der Waals surface area contributed by atoms with Gasteiger partial charge < -0.3 is 5.32 Å². The predicted molar refractivity (Wildman–Crippen MR) is 85.3 cm³/mol. The summed E-state index contributed by atoms with van der Waals surface area (Å²) in [5.41, 5.74) is 4.07. The number of hydrogen-bond donors (Lipinski definition) is 1. The van der Waals surface area contributed by atoms with Crippen LogP contribution < -0.4 is 5.32 Å². The fourth-order valence-electron chi connectivity index (χ4n) is 3.41. The summed E-state index contributed by atoms with van der Waals surface area (Å²) in [6, 6.07) is 8.97. The van der Waals surface area contributed by atoms with Gasteiger partial charge in [-0.3, -0.25) is 9.97 Å². The number of pyridine rings is 2. The zero-order valence-corrected chi connectivity index (χ0v) is 12.6. The van der Waals surface area contributed by atoms with Crippen LogP contribution >= 0.6 is 0 Å². The summed E-state index contributed by atoms with van der Waals surface area (Å²) in [6.07, 6.45) is 10.3. The number of rotatable bonds is 6. The molecular weight excluding hydrogens is 258 g/mol. The van der Waals surface area contributed by atoms with E-state index in [1.165, 1.54) is 29.7 Å². The SMILES string of the molecule is CCNC(CCc1cccnc1)C1CCc2cccnc21. The van der Waals surface area contributed by atoms with Gasteiger partial charge in [0.05, 0.1) is 0 Å². The van der Waals surface area contributed by atoms with E-state index in [9.17, 15) is 0 Å². The number of nitrogens with one attached hydrogen (secondary N) is 1. The predicted octanol–water partition coefficient (Wildman–Crippen LogP) is 3.12. The van der Waals surface area contributed by atoms with E-state index in [0.717, 1.165) is 19.4 Å². The van der Waals surface area contributed by atoms with Gasteiger partial charge in [0, 0.05) is 36.2 Å². The van der Waals surface area contributed by atoms with Crippen molar-refractivity contribution in [1.82, 2.24) is 15.3 Å². The lowest BCUT2D eigenvalue weighted by Crippen LogP contribution is -2.34. The van der Waals surface area contributed by atoms with Gasteiger partial charge in [0.1, 0.15) is 0 Å². The van der Waals surface area contributed by atoms with Crippen LogP contribution in [0, 0.1) is 0 Å². The second-order valence-corrected chi connectivity index (χ2v) is 5.76. The van der Waals surface area contributed by atoms with Crippen molar-refractivity contribution < 1.29 is 0 Å². The van der Waals surface area contributed by atoms with Gasteiger partial charge in [0.2, 0.25) is 0 Å². The Bertz CT molecular complexity index is 568. The first-order chi connectivity index (χ1) is 10.4. The molecule has 0 aromatic carbocycles. The van der Waals surface area contributed by atoms with Crippen molar-refractivity contribution in [2.24, 2.45) is 0 Å². The van der Waals surface area contributed by atoms with Crippen LogP contribution in [0.5, 0.6) is 0 Å². The molecule has 0 spiro atoms. The van der Waals surface area contributed by atoms with Crippen molar-refractivity contribution in [2.45, 2.75) is 44.6 Å². The summed E-state index contributed by atoms with van der Waals surface area (Å²) in [4.78, 5) is 8.86. The van der Waals surface area contributed by atoms with Crippen molar-refractivity contribution in [3.8, 4) is 0 Å². The summed E-state index contributed by atoms with van der Waals surface area (Å²) in [5, 5.41) is 3.68. The molecule has 0 amide bonds. The van der Waals surface area contributed by atoms with Crippen molar-refractivity contribution in [3.63, 3.8) is 0 Å². The molecule has 0 bridgehead atoms. The first kappa shape index (κ1) is 14.2. The fraction of sp³-hybridized carbons (Fsp3) is 0.444. The lowest BCUT2D eigenvalue weighted by atomic mass is 9.92. The summed E-state index contributed by atoms with van der Waals surface area (Å²) in [6.45, 7) is 3.20. The molecule has 0 saturated carbocycles. The summed E-state index contributed by atoms with van der Waals surface area (Å²) >= 11 is 0. The maximum absolute atomic E-state index is 4.65. The molecule has 2 atom stereocenters. The minimum absolute atomic E-state index is 0.506. The third kappa shape index (κ3) is 3.30. The van der Waals surface area contributed by atoms with Gasteiger partial charge in [-0.1, -0.05) is 19.1 Å². The average molecular weight is 281 g/mol. The van der Waals surface area contributed by atoms with Gasteiger partial charge in [-0.25, -0.2) is 0 Å². The normalized spacial score (nSPS) is 18.4. The number of nitrogens with zero attached hydrogens (tertiary/aromatic N) is 2. The maximum Gasteiger partial charge on any atom is 0.0482 e. The monoisotopic (exact) mass is 281 g/mol. The minimum atomic E-state index is 0.506. The topological polar surface area (TPSA) is 37.8 Å². The standard InChI is InChI=1S/C18H23N3/c1-2-20-17(10-7-14-5-3-11-19-13-14)16-9-8-15-6-4-12-21-18(15)16/h3-6,11-13,16-17,20H,2,7-10H2,1H3. The Morgan fingerprint density at radius 2 is 2.19 bits per heavy atom. The van der Waals surface area contributed by atoms with E-state index in [2.05, 4.69) is 40.4 Å². The van der Waals surface area contributed by atoms with Crippen LogP contribution in [0.2, 0.25) is 0 Å². The van der Waals surface area contributed by atoms with Crippen LogP contribution in [-0.4, -0.2) is 22.6 Å². The molecule has 0 fully saturated rings. The van der Waals surface area contributed by atoms with E-state index in [1.54, 1.807) is 0 Å². The van der Waals surface area contributed by atoms with E-state index in [4.69, 9.17) is 0 Å². The molecule has 110 valence electrons. The molecule has 2 aromatic heterocycles. The molecule has 2 aromatic rings. The number of aromatic nitrogens is 2. The smallest absolute Gasteiger partial charge is 0.0482 e. The van der Waals surface area contributed by atoms with Crippen LogP contribution in [0.4, 0.5) is 0 Å². The quantitative estimate of drug-likeness (QED) is 0.884. The van der Waals surface area contributed by atoms with E-state index in [-0.39, 0.29) is 0 Å². The van der Waals surface area contributed by atoms with E-state index < -0.39 is 0 Å². The highest BCUT2D eigenvalue weighted by atomic mass is 14.9. The van der Waals surface area contributed by atoms with Crippen LogP contribution in [-0.2, 0) is 12.8 Å². The zero-order valence-electron chi connectivity index (χ0n) is 12.6. The Kier molecular flexibility index (Phi) is 4.61. The second-order valence-electron chi connectivity index (χ2n) is 5.76. The first-order valence-electron chi connectivity index (χ1n) is 7.94. The molecule has 0 radical (unpaired) electrons. The molecule has 2 unspecified atom stereocenters. The Morgan fingerprint density at radius 1 is 1.29 bits per heavy atom. The van der Waals surface area contributed by atoms with E-state index in [0.29, 0.717) is 12.0 Å². The van der Waals surface area contributed by atoms with Crippen LogP contribution in [0.3, 0.4) is 0 Å². The van der Waals surface area contributed by atoms with Crippen LogP contribution in [0.1, 0.15) is 42.5 Å². The van der Waals surface area contributed by atoms with Gasteiger partial charge in [-0.05, 0) is 55.5 Å². The molecule has 2 heterocycles. The Morgan fingerprint density at radius 3 is 3.00 bits per heavy atom. The van der Waals surface area contributed by atoms with E-state index in [1.807, 2.05) is 24.7 Å². The van der Waals surface area contributed by atoms with Crippen molar-refractivity contribution in [2.75, 3.05) is 6.54 Å². The molecule has 3 rings (SSSR count). The maximum atomic E-state index is 4.65. The molecule has 3 nitrogen and oxygen atoms in total. The third-order valence-corrected chi connectivity index (χ3v) is 4.42. The minimum Gasteiger partial charge on any atom is -0.314 e. The number of likely N-dealkylation sites (N-methyl/N-ethyl adjacent to an activating group) is 1. The largest absolute Gasteiger partial charge is 0.314 e. The Labute approximate surface area is 126 Å². The van der Waals surface area contributed by atoms with Crippen LogP contribution in [0.25, 0.3) is 0 Å². The molecule has 0 saturated heterocycles. The average Bonchev–Trinajstić information content (AvgIpc) is 2.96. The summed E-state index contributed by atoms with van der Waals surface area (Å²) < 4.78 is 0. The van der Waals surface area contributed by atoms with Gasteiger partial charge in [-0.2, -0.15) is 0 Å². The van der Waals surface area contributed by atoms with Gasteiger partial charge in [0.25, 0.3) is 0 Å². The zero-order chi connectivity index (χ0) is 14.5. The van der Waals surface area contributed by atoms with Crippen molar-refractivity contribution in [1.29, 1.82) is 0 Å². The highest BCUT2D eigenvalue weighted by molar-refractivity contribution is 5.30. The first-order valence-corrected chi connectivity index (χ1v) is 7.94. The molecule has 21 heavy (non-hydrogen) atoms. The highest BCUT2D eigenvalue weighted by Gasteiger charge is 2.30. The van der Waals surface area contributed by atoms with Crippen molar-refractivity contribution in [3.05, 3.63) is 59.7 Å². The molecule has 1 aliphatic rings. The highest BCUT2D eigenvalue weighted by Crippen LogP contribution is 2.35. The van der Waals surface area contributed by atoms with Crippen molar-refractivity contribution >= 4 is 0 Å². The summed E-state index contributed by atoms with van der Waals surface area (Å²) in [5.74, 6) is 0.554. The summed E-state index contributed by atoms with van der Waals surface area (Å²) in [7, 11) is 0. The molecule has 3 heteroatoms. The van der Waals surface area contributed by atoms with Gasteiger partial charge >= 0.3 is 0 Å². The molecular formula is C18H23N3. The molecule has 0 aliphatic heterocycles. The number of hydrogen-bond acceptors (Lipinski definition) is 3. The lowest BCUT2D eigenvalue weighted by molar-refractivity contribution is 0.408.